The van der Waals surface area contributed by atoms with Crippen LogP contribution in [0.4, 0.5) is 0 Å². The molecule has 0 aromatic heterocycles. The lowest BCUT2D eigenvalue weighted by Gasteiger charge is -2.43. The number of hydrogen-bond acceptors (Lipinski definition) is 5. The molecule has 15 heavy (non-hydrogen) atoms. The Kier molecular flexibility index (Phi) is 3.03. The first-order valence-electron chi connectivity index (χ1n) is 5.26. The Balaban J connectivity index is 1.87. The van der Waals surface area contributed by atoms with Crippen molar-refractivity contribution in [3.8, 4) is 0 Å². The highest BCUT2D eigenvalue weighted by atomic mass is 32.2. The predicted molar refractivity (Wildman–Crippen MR) is 55.4 cm³/mol. The fourth-order valence-electron chi connectivity index (χ4n) is 2.24. The van der Waals surface area contributed by atoms with E-state index in [1.807, 2.05) is 11.8 Å². The van der Waals surface area contributed by atoms with Crippen molar-refractivity contribution in [2.75, 3.05) is 31.2 Å². The van der Waals surface area contributed by atoms with Gasteiger partial charge in [-0.1, -0.05) is 0 Å². The number of aliphatic hydroxyl groups excluding tert-OH is 1. The molecule has 0 radical (unpaired) electrons. The summed E-state index contributed by atoms with van der Waals surface area (Å²) < 4.78 is 28.0. The number of rotatable bonds is 3. The van der Waals surface area contributed by atoms with Gasteiger partial charge in [0.25, 0.3) is 0 Å². The smallest absolute Gasteiger partial charge is 0.154 e. The van der Waals surface area contributed by atoms with E-state index < -0.39 is 15.9 Å². The van der Waals surface area contributed by atoms with E-state index in [4.69, 9.17) is 4.74 Å². The van der Waals surface area contributed by atoms with Gasteiger partial charge in [-0.2, -0.15) is 0 Å². The highest BCUT2D eigenvalue weighted by Crippen LogP contribution is 2.24. The van der Waals surface area contributed by atoms with E-state index in [2.05, 4.69) is 0 Å². The molecule has 0 aliphatic carbocycles. The second-order valence-corrected chi connectivity index (χ2v) is 6.40. The third-order valence-corrected chi connectivity index (χ3v) is 4.74. The molecule has 0 unspecified atom stereocenters. The van der Waals surface area contributed by atoms with E-state index in [0.717, 1.165) is 13.1 Å². The van der Waals surface area contributed by atoms with Crippen LogP contribution in [0.25, 0.3) is 0 Å². The molecular weight excluding hydrogens is 218 g/mol. The van der Waals surface area contributed by atoms with Crippen LogP contribution in [0.1, 0.15) is 6.92 Å². The topological polar surface area (TPSA) is 66.8 Å². The van der Waals surface area contributed by atoms with Crippen molar-refractivity contribution in [3.05, 3.63) is 0 Å². The van der Waals surface area contributed by atoms with Crippen molar-refractivity contribution in [2.24, 2.45) is 0 Å². The number of hydrogen-bond donors (Lipinski definition) is 1. The molecule has 0 aromatic carbocycles. The van der Waals surface area contributed by atoms with Crippen molar-refractivity contribution in [3.63, 3.8) is 0 Å². The summed E-state index contributed by atoms with van der Waals surface area (Å²) in [6.07, 6.45) is -0.511. The van der Waals surface area contributed by atoms with Crippen LogP contribution in [-0.2, 0) is 14.6 Å². The SMILES string of the molecule is CCOC1CN([C@@H]2CS(=O)(=O)C[C@H]2O)C1. The molecule has 0 aromatic rings. The first kappa shape index (κ1) is 11.3. The summed E-state index contributed by atoms with van der Waals surface area (Å²) in [5.74, 6) is 0.000476. The Morgan fingerprint density at radius 1 is 1.40 bits per heavy atom. The zero-order valence-electron chi connectivity index (χ0n) is 8.80. The van der Waals surface area contributed by atoms with E-state index >= 15 is 0 Å². The average Bonchev–Trinajstić information content (AvgIpc) is 2.31. The molecule has 88 valence electrons. The monoisotopic (exact) mass is 235 g/mol. The van der Waals surface area contributed by atoms with E-state index in [-0.39, 0.29) is 23.7 Å². The molecule has 2 aliphatic rings. The molecule has 2 saturated heterocycles. The summed E-state index contributed by atoms with van der Waals surface area (Å²) in [7, 11) is -3.03. The minimum Gasteiger partial charge on any atom is -0.390 e. The van der Waals surface area contributed by atoms with Gasteiger partial charge < -0.3 is 9.84 Å². The summed E-state index contributed by atoms with van der Waals surface area (Å²) in [5, 5.41) is 9.61. The van der Waals surface area contributed by atoms with Crippen molar-refractivity contribution in [1.29, 1.82) is 0 Å². The summed E-state index contributed by atoms with van der Waals surface area (Å²) >= 11 is 0. The van der Waals surface area contributed by atoms with Crippen LogP contribution in [0.5, 0.6) is 0 Å². The standard InChI is InChI=1S/C9H17NO4S/c1-2-14-7-3-10(4-7)8-5-15(12,13)6-9(8)11/h7-9,11H,2-6H2,1H3/t8-,9-/m1/s1. The zero-order chi connectivity index (χ0) is 11.1. The van der Waals surface area contributed by atoms with Gasteiger partial charge in [-0.3, -0.25) is 4.90 Å². The van der Waals surface area contributed by atoms with E-state index in [9.17, 15) is 13.5 Å². The number of nitrogens with zero attached hydrogens (tertiary/aromatic N) is 1. The maximum absolute atomic E-state index is 11.3. The lowest BCUT2D eigenvalue weighted by molar-refractivity contribution is -0.0800. The molecule has 2 aliphatic heterocycles. The van der Waals surface area contributed by atoms with Gasteiger partial charge in [0.2, 0.25) is 0 Å². The molecule has 2 rings (SSSR count). The molecule has 2 atom stereocenters. The zero-order valence-corrected chi connectivity index (χ0v) is 9.61. The minimum atomic E-state index is -3.03. The summed E-state index contributed by atoms with van der Waals surface area (Å²) in [4.78, 5) is 2.00. The fraction of sp³-hybridized carbons (Fsp3) is 1.00. The van der Waals surface area contributed by atoms with E-state index in [0.29, 0.717) is 6.61 Å². The van der Waals surface area contributed by atoms with Crippen molar-refractivity contribution >= 4 is 9.84 Å². The maximum Gasteiger partial charge on any atom is 0.154 e. The highest BCUT2D eigenvalue weighted by molar-refractivity contribution is 7.91. The predicted octanol–water partition coefficient (Wildman–Crippen LogP) is -1.13. The largest absolute Gasteiger partial charge is 0.390 e. The summed E-state index contributed by atoms with van der Waals surface area (Å²) in [5.41, 5.74) is 0. The summed E-state index contributed by atoms with van der Waals surface area (Å²) in [6, 6.07) is -0.216. The van der Waals surface area contributed by atoms with Gasteiger partial charge in [0.1, 0.15) is 0 Å². The molecule has 1 N–H and O–H groups in total. The lowest BCUT2D eigenvalue weighted by atomic mass is 10.1. The number of ether oxygens (including phenoxy) is 1. The average molecular weight is 235 g/mol. The molecule has 2 fully saturated rings. The normalized spacial score (nSPS) is 36.7. The number of sulfone groups is 1. The molecule has 0 amide bonds. The Morgan fingerprint density at radius 3 is 2.53 bits per heavy atom. The minimum absolute atomic E-state index is 0.0898. The van der Waals surface area contributed by atoms with Crippen LogP contribution in [0, 0.1) is 0 Å². The van der Waals surface area contributed by atoms with Gasteiger partial charge >= 0.3 is 0 Å². The molecule has 0 spiro atoms. The molecule has 2 heterocycles. The molecule has 5 nitrogen and oxygen atoms in total. The molecule has 0 bridgehead atoms. The van der Waals surface area contributed by atoms with Gasteiger partial charge in [-0.25, -0.2) is 8.42 Å². The van der Waals surface area contributed by atoms with Gasteiger partial charge in [0.05, 0.1) is 29.8 Å². The first-order chi connectivity index (χ1) is 7.02. The first-order valence-corrected chi connectivity index (χ1v) is 7.08. The van der Waals surface area contributed by atoms with Crippen LogP contribution >= 0.6 is 0 Å². The number of likely N-dealkylation sites (tertiary alicyclic amines) is 1. The third-order valence-electron chi connectivity index (χ3n) is 3.04. The second kappa shape index (κ2) is 4.01. The highest BCUT2D eigenvalue weighted by Gasteiger charge is 2.44. The van der Waals surface area contributed by atoms with E-state index in [1.165, 1.54) is 0 Å². The van der Waals surface area contributed by atoms with Gasteiger partial charge in [0.15, 0.2) is 9.84 Å². The van der Waals surface area contributed by atoms with Crippen molar-refractivity contribution in [2.45, 2.75) is 25.2 Å². The molecule has 0 saturated carbocycles. The Labute approximate surface area is 89.9 Å². The van der Waals surface area contributed by atoms with Crippen LogP contribution < -0.4 is 0 Å². The molecular formula is C9H17NO4S. The quantitative estimate of drug-likeness (QED) is 0.670. The Morgan fingerprint density at radius 2 is 2.07 bits per heavy atom. The summed E-state index contributed by atoms with van der Waals surface area (Å²) in [6.45, 7) is 4.11. The van der Waals surface area contributed by atoms with Crippen LogP contribution in [0.2, 0.25) is 0 Å². The van der Waals surface area contributed by atoms with Gasteiger partial charge in [-0.05, 0) is 6.92 Å². The van der Waals surface area contributed by atoms with Crippen LogP contribution in [0.15, 0.2) is 0 Å². The third kappa shape index (κ3) is 2.33. The van der Waals surface area contributed by atoms with Crippen LogP contribution in [-0.4, -0.2) is 67.9 Å². The Bertz CT molecular complexity index is 323. The van der Waals surface area contributed by atoms with E-state index in [1.54, 1.807) is 0 Å². The van der Waals surface area contributed by atoms with Crippen molar-refractivity contribution in [1.82, 2.24) is 4.90 Å². The van der Waals surface area contributed by atoms with Gasteiger partial charge in [0, 0.05) is 19.7 Å². The van der Waals surface area contributed by atoms with Gasteiger partial charge in [-0.15, -0.1) is 0 Å². The lowest BCUT2D eigenvalue weighted by Crippen LogP contribution is -2.59. The van der Waals surface area contributed by atoms with Crippen molar-refractivity contribution < 1.29 is 18.3 Å². The van der Waals surface area contributed by atoms with Crippen LogP contribution in [0.3, 0.4) is 0 Å². The fourth-order valence-corrected chi connectivity index (χ4v) is 4.07. The second-order valence-electron chi connectivity index (χ2n) is 4.24. The maximum atomic E-state index is 11.3. The molecule has 6 heteroatoms. The Hall–Kier alpha value is -0.170. The number of aliphatic hydroxyl groups is 1.